The number of anilines is 2. The molecule has 1 nitrogen and oxygen atoms in total. The Morgan fingerprint density at radius 3 is 2.22 bits per heavy atom. The van der Waals surface area contributed by atoms with E-state index in [1.165, 1.54) is 64.8 Å². The molecular weight excluding hydrogens is 623 g/mol. The first-order valence-electron chi connectivity index (χ1n) is 17.7. The molecule has 2 aliphatic rings. The lowest BCUT2D eigenvalue weighted by atomic mass is 9.74. The zero-order chi connectivity index (χ0) is 34.0. The van der Waals surface area contributed by atoms with E-state index in [2.05, 4.69) is 196 Å². The molecule has 1 aromatic heterocycles. The molecule has 2 aliphatic carbocycles. The van der Waals surface area contributed by atoms with Crippen molar-refractivity contribution in [3.05, 3.63) is 187 Å². The van der Waals surface area contributed by atoms with Crippen molar-refractivity contribution in [3.63, 3.8) is 0 Å². The van der Waals surface area contributed by atoms with Crippen LogP contribution >= 0.6 is 11.3 Å². The molecule has 0 radical (unpaired) electrons. The Morgan fingerprint density at radius 1 is 0.720 bits per heavy atom. The number of nitrogens with zero attached hydrogens (tertiary/aromatic N) is 1. The van der Waals surface area contributed by atoms with Crippen molar-refractivity contribution in [1.82, 2.24) is 0 Å². The molecule has 8 rings (SSSR count). The summed E-state index contributed by atoms with van der Waals surface area (Å²) in [6, 6.07) is 42.6. The summed E-state index contributed by atoms with van der Waals surface area (Å²) in [4.78, 5) is 2.37. The first-order chi connectivity index (χ1) is 24.6. The van der Waals surface area contributed by atoms with Crippen molar-refractivity contribution in [2.24, 2.45) is 11.8 Å². The minimum atomic E-state index is 0.432. The van der Waals surface area contributed by atoms with Crippen LogP contribution in [-0.2, 0) is 0 Å². The molecule has 0 fully saturated rings. The average Bonchev–Trinajstić information content (AvgIpc) is 3.55. The number of hydrogen-bond acceptors (Lipinski definition) is 2. The third kappa shape index (κ3) is 5.91. The molecule has 0 saturated heterocycles. The summed E-state index contributed by atoms with van der Waals surface area (Å²) in [5.41, 5.74) is 12.5. The van der Waals surface area contributed by atoms with Crippen molar-refractivity contribution in [2.75, 3.05) is 4.90 Å². The minimum absolute atomic E-state index is 0.432. The molecule has 0 N–H and O–H groups in total. The lowest BCUT2D eigenvalue weighted by molar-refractivity contribution is 0.600. The Bertz CT molecular complexity index is 2370. The van der Waals surface area contributed by atoms with Gasteiger partial charge in [-0.1, -0.05) is 135 Å². The van der Waals surface area contributed by atoms with Crippen LogP contribution in [0.2, 0.25) is 0 Å². The van der Waals surface area contributed by atoms with Gasteiger partial charge in [-0.15, -0.1) is 11.3 Å². The van der Waals surface area contributed by atoms with Gasteiger partial charge in [-0.25, -0.2) is 0 Å². The molecule has 0 spiro atoms. The summed E-state index contributed by atoms with van der Waals surface area (Å²) in [6.07, 6.45) is 21.1. The van der Waals surface area contributed by atoms with Crippen LogP contribution in [0.4, 0.5) is 11.4 Å². The maximum absolute atomic E-state index is 2.37. The minimum Gasteiger partial charge on any atom is -0.311 e. The molecule has 0 amide bonds. The molecule has 5 aromatic carbocycles. The maximum Gasteiger partial charge on any atom is 0.0461 e. The Balaban J connectivity index is 1.13. The Hall–Kier alpha value is -5.44. The Labute approximate surface area is 300 Å². The lowest BCUT2D eigenvalue weighted by Crippen LogP contribution is -2.17. The SMILES string of the molecule is C/C=C\C(=C/CC)N(c1ccc(-c2cccc(C3=CC=C4C=CC=CC4C3C)c2)cc1)c1ccc(-c2cccc3sc4ccccc4c23)cc1. The number of thiophene rings is 1. The van der Waals surface area contributed by atoms with Crippen LogP contribution in [-0.4, -0.2) is 0 Å². The number of benzene rings is 5. The standard InChI is InChI=1S/C48H41NS/c1-4-12-39(13-5-2)49(41-29-24-36(25-30-41)44-19-11-21-47-48(44)45-18-8-9-20-46(45)50-47)40-27-22-34(23-28-40)37-15-10-16-38(32-37)43-31-26-35-14-6-7-17-42(35)33(43)3/h4,6-33,42H,5H2,1-3H3/b12-4-,39-13+. The highest BCUT2D eigenvalue weighted by molar-refractivity contribution is 7.25. The molecule has 2 heteroatoms. The fourth-order valence-electron chi connectivity index (χ4n) is 7.63. The number of hydrogen-bond donors (Lipinski definition) is 0. The average molecular weight is 664 g/mol. The van der Waals surface area contributed by atoms with Gasteiger partial charge in [0, 0.05) is 43.2 Å². The normalized spacial score (nSPS) is 17.3. The van der Waals surface area contributed by atoms with Gasteiger partial charge in [0.1, 0.15) is 0 Å². The Kier molecular flexibility index (Phi) is 8.79. The van der Waals surface area contributed by atoms with Crippen LogP contribution in [0.25, 0.3) is 48.0 Å². The van der Waals surface area contributed by atoms with Crippen LogP contribution in [0.3, 0.4) is 0 Å². The van der Waals surface area contributed by atoms with E-state index < -0.39 is 0 Å². The molecule has 6 aromatic rings. The Morgan fingerprint density at radius 2 is 1.44 bits per heavy atom. The van der Waals surface area contributed by atoms with E-state index in [1.807, 2.05) is 11.3 Å². The summed E-state index contributed by atoms with van der Waals surface area (Å²) in [7, 11) is 0. The summed E-state index contributed by atoms with van der Waals surface area (Å²) in [6.45, 7) is 6.65. The van der Waals surface area contributed by atoms with Crippen molar-refractivity contribution in [1.29, 1.82) is 0 Å². The van der Waals surface area contributed by atoms with E-state index >= 15 is 0 Å². The topological polar surface area (TPSA) is 3.24 Å². The van der Waals surface area contributed by atoms with Crippen molar-refractivity contribution >= 4 is 48.5 Å². The summed E-state index contributed by atoms with van der Waals surface area (Å²) in [5, 5.41) is 2.67. The second kappa shape index (κ2) is 13.8. The van der Waals surface area contributed by atoms with Gasteiger partial charge in [-0.05, 0) is 107 Å². The predicted molar refractivity (Wildman–Crippen MR) is 219 cm³/mol. The number of fused-ring (bicyclic) bond motifs is 4. The van der Waals surface area contributed by atoms with Crippen molar-refractivity contribution in [3.8, 4) is 22.3 Å². The van der Waals surface area contributed by atoms with Gasteiger partial charge in [0.15, 0.2) is 0 Å². The van der Waals surface area contributed by atoms with Gasteiger partial charge in [0.2, 0.25) is 0 Å². The molecule has 2 unspecified atom stereocenters. The van der Waals surface area contributed by atoms with Gasteiger partial charge in [-0.2, -0.15) is 0 Å². The van der Waals surface area contributed by atoms with Gasteiger partial charge in [0.05, 0.1) is 0 Å². The van der Waals surface area contributed by atoms with Crippen LogP contribution in [0.15, 0.2) is 181 Å². The van der Waals surface area contributed by atoms with Crippen LogP contribution < -0.4 is 4.90 Å². The zero-order valence-electron chi connectivity index (χ0n) is 28.9. The highest BCUT2D eigenvalue weighted by atomic mass is 32.1. The third-order valence-electron chi connectivity index (χ3n) is 10.1. The fraction of sp³-hybridized carbons (Fsp3) is 0.125. The summed E-state index contributed by atoms with van der Waals surface area (Å²) >= 11 is 1.87. The predicted octanol–water partition coefficient (Wildman–Crippen LogP) is 14.1. The quantitative estimate of drug-likeness (QED) is 0.147. The third-order valence-corrected chi connectivity index (χ3v) is 11.2. The second-order valence-electron chi connectivity index (χ2n) is 13.2. The largest absolute Gasteiger partial charge is 0.311 e. The summed E-state index contributed by atoms with van der Waals surface area (Å²) < 4.78 is 2.66. The van der Waals surface area contributed by atoms with Crippen molar-refractivity contribution in [2.45, 2.75) is 27.2 Å². The van der Waals surface area contributed by atoms with Gasteiger partial charge < -0.3 is 4.90 Å². The molecule has 0 saturated carbocycles. The van der Waals surface area contributed by atoms with E-state index in [0.717, 1.165) is 17.8 Å². The molecule has 244 valence electrons. The molecule has 0 bridgehead atoms. The van der Waals surface area contributed by atoms with E-state index in [0.29, 0.717) is 11.8 Å². The summed E-state index contributed by atoms with van der Waals surface area (Å²) in [5.74, 6) is 0.872. The molecule has 0 aliphatic heterocycles. The zero-order valence-corrected chi connectivity index (χ0v) is 29.7. The first-order valence-corrected chi connectivity index (χ1v) is 18.6. The van der Waals surface area contributed by atoms with E-state index in [9.17, 15) is 0 Å². The number of allylic oxidation sites excluding steroid dienone is 11. The second-order valence-corrected chi connectivity index (χ2v) is 14.3. The maximum atomic E-state index is 2.37. The van der Waals surface area contributed by atoms with E-state index in [1.54, 1.807) is 0 Å². The van der Waals surface area contributed by atoms with Gasteiger partial charge >= 0.3 is 0 Å². The lowest BCUT2D eigenvalue weighted by Gasteiger charge is -2.30. The monoisotopic (exact) mass is 663 g/mol. The van der Waals surface area contributed by atoms with Gasteiger partial charge in [0.25, 0.3) is 0 Å². The van der Waals surface area contributed by atoms with E-state index in [4.69, 9.17) is 0 Å². The molecule has 1 heterocycles. The fourth-order valence-corrected chi connectivity index (χ4v) is 8.76. The van der Waals surface area contributed by atoms with E-state index in [-0.39, 0.29) is 0 Å². The molecular formula is C48H41NS. The molecule has 2 atom stereocenters. The first kappa shape index (κ1) is 31.8. The van der Waals surface area contributed by atoms with Crippen molar-refractivity contribution < 1.29 is 0 Å². The highest BCUT2D eigenvalue weighted by Crippen LogP contribution is 2.42. The van der Waals surface area contributed by atoms with Crippen LogP contribution in [0.1, 0.15) is 32.8 Å². The van der Waals surface area contributed by atoms with Crippen LogP contribution in [0.5, 0.6) is 0 Å². The van der Waals surface area contributed by atoms with Gasteiger partial charge in [-0.3, -0.25) is 0 Å². The molecule has 50 heavy (non-hydrogen) atoms. The smallest absolute Gasteiger partial charge is 0.0461 e. The highest BCUT2D eigenvalue weighted by Gasteiger charge is 2.26. The number of rotatable bonds is 8. The van der Waals surface area contributed by atoms with Crippen LogP contribution in [0, 0.1) is 11.8 Å².